The number of hydrogen-bond donors (Lipinski definition) is 1. The summed E-state index contributed by atoms with van der Waals surface area (Å²) < 4.78 is 14.7. The molecule has 3 fully saturated rings. The summed E-state index contributed by atoms with van der Waals surface area (Å²) in [5, 5.41) is 21.0. The molecule has 0 saturated carbocycles. The van der Waals surface area contributed by atoms with E-state index in [-0.39, 0.29) is 35.3 Å². The number of nitrogens with zero attached hydrogens (tertiary/aromatic N) is 6. The molecule has 12 nitrogen and oxygen atoms in total. The molecule has 0 unspecified atom stereocenters. The molecule has 9 rings (SSSR count). The van der Waals surface area contributed by atoms with Gasteiger partial charge in [0.15, 0.2) is 5.60 Å². The van der Waals surface area contributed by atoms with Gasteiger partial charge in [-0.2, -0.15) is 0 Å². The monoisotopic (exact) mass is 796 g/mol. The van der Waals surface area contributed by atoms with E-state index in [0.717, 1.165) is 39.5 Å². The Morgan fingerprint density at radius 3 is 2.21 bits per heavy atom. The molecule has 0 bridgehead atoms. The Labute approximate surface area is 339 Å². The topological polar surface area (TPSA) is 130 Å². The first-order valence-electron chi connectivity index (χ1n) is 20.1. The summed E-state index contributed by atoms with van der Waals surface area (Å²) in [5.41, 5.74) is 3.98. The van der Waals surface area contributed by atoms with Crippen molar-refractivity contribution in [2.24, 2.45) is 5.92 Å². The number of carbonyl (C=O) groups excluding carboxylic acids is 3. The molecule has 0 radical (unpaired) electrons. The van der Waals surface area contributed by atoms with Crippen molar-refractivity contribution in [3.63, 3.8) is 0 Å². The molecule has 298 valence electrons. The summed E-state index contributed by atoms with van der Waals surface area (Å²) in [6.07, 6.45) is 2.14. The minimum absolute atomic E-state index is 0.0156. The van der Waals surface area contributed by atoms with E-state index >= 15 is 4.79 Å². The molecule has 4 aliphatic heterocycles. The van der Waals surface area contributed by atoms with Gasteiger partial charge in [0.25, 0.3) is 5.91 Å². The number of rotatable bonds is 12. The van der Waals surface area contributed by atoms with Crippen molar-refractivity contribution in [2.75, 3.05) is 34.9 Å². The van der Waals surface area contributed by atoms with Crippen LogP contribution < -0.4 is 24.6 Å². The van der Waals surface area contributed by atoms with Crippen LogP contribution in [-0.4, -0.2) is 72.2 Å². The second kappa shape index (κ2) is 14.6. The predicted molar refractivity (Wildman–Crippen MR) is 223 cm³/mol. The first-order valence-corrected chi connectivity index (χ1v) is 23.2. The molecule has 1 spiro atoms. The summed E-state index contributed by atoms with van der Waals surface area (Å²) in [6, 6.07) is 31.5. The van der Waals surface area contributed by atoms with E-state index in [1.165, 1.54) is 5.19 Å². The van der Waals surface area contributed by atoms with Crippen molar-refractivity contribution in [2.45, 2.75) is 75.7 Å². The van der Waals surface area contributed by atoms with E-state index in [1.54, 1.807) is 27.8 Å². The molecule has 5 atom stereocenters. The van der Waals surface area contributed by atoms with Crippen LogP contribution in [0.2, 0.25) is 18.6 Å². The van der Waals surface area contributed by atoms with Crippen molar-refractivity contribution in [3.8, 4) is 5.75 Å². The number of ether oxygens (including phenoxy) is 2. The molecule has 5 aromatic rings. The van der Waals surface area contributed by atoms with Crippen molar-refractivity contribution in [3.05, 3.63) is 126 Å². The number of carbonyl (C=O) groups is 3. The van der Waals surface area contributed by atoms with Gasteiger partial charge in [0, 0.05) is 55.3 Å². The molecule has 3 saturated heterocycles. The van der Waals surface area contributed by atoms with Crippen LogP contribution in [0.15, 0.2) is 103 Å². The zero-order chi connectivity index (χ0) is 40.3. The van der Waals surface area contributed by atoms with E-state index in [0.29, 0.717) is 51.1 Å². The van der Waals surface area contributed by atoms with Gasteiger partial charge in [0.1, 0.15) is 17.5 Å². The predicted octanol–water partition coefficient (Wildman–Crippen LogP) is 5.69. The van der Waals surface area contributed by atoms with Gasteiger partial charge in [0.2, 0.25) is 11.8 Å². The third-order valence-electron chi connectivity index (χ3n) is 13.0. The Morgan fingerprint density at radius 2 is 1.57 bits per heavy atom. The molecule has 13 heteroatoms. The highest BCUT2D eigenvalue weighted by molar-refractivity contribution is 6.91. The van der Waals surface area contributed by atoms with Gasteiger partial charge >= 0.3 is 0 Å². The van der Waals surface area contributed by atoms with Crippen LogP contribution in [0.1, 0.15) is 54.7 Å². The number of aromatic nitrogens is 3. The first-order chi connectivity index (χ1) is 28.0. The molecular weight excluding hydrogens is 749 g/mol. The fourth-order valence-corrected chi connectivity index (χ4v) is 13.7. The fourth-order valence-electron chi connectivity index (χ4n) is 9.65. The molecule has 58 heavy (non-hydrogen) atoms. The molecule has 1 N–H and O–H groups in total. The third-order valence-corrected chi connectivity index (χ3v) is 17.4. The Morgan fingerprint density at radius 1 is 0.897 bits per heavy atom. The summed E-state index contributed by atoms with van der Waals surface area (Å²) in [5.74, 6) is 0.590. The van der Waals surface area contributed by atoms with Crippen LogP contribution >= 0.6 is 0 Å². The minimum Gasteiger partial charge on any atom is -0.497 e. The smallest absolute Gasteiger partial charge is 0.264 e. The number of fused-ring (bicyclic) bond motifs is 2. The van der Waals surface area contributed by atoms with E-state index < -0.39 is 19.8 Å². The molecule has 4 aromatic carbocycles. The largest absolute Gasteiger partial charge is 0.497 e. The van der Waals surface area contributed by atoms with Gasteiger partial charge in [-0.15, -0.1) is 5.10 Å². The maximum atomic E-state index is 15.4. The fraction of sp³-hybridized carbons (Fsp3) is 0.356. The van der Waals surface area contributed by atoms with Crippen molar-refractivity contribution in [1.82, 2.24) is 15.0 Å². The molecule has 3 amide bonds. The lowest BCUT2D eigenvalue weighted by atomic mass is 9.82. The van der Waals surface area contributed by atoms with Gasteiger partial charge in [-0.25, -0.2) is 0 Å². The number of aryl methyl sites for hydroxylation is 1. The van der Waals surface area contributed by atoms with Crippen LogP contribution in [0.4, 0.5) is 17.1 Å². The van der Waals surface area contributed by atoms with Gasteiger partial charge in [-0.1, -0.05) is 85.0 Å². The van der Waals surface area contributed by atoms with E-state index in [2.05, 4.69) is 42.5 Å². The summed E-state index contributed by atoms with van der Waals surface area (Å²) >= 11 is 0. The molecule has 5 heterocycles. The maximum Gasteiger partial charge on any atom is 0.264 e. The van der Waals surface area contributed by atoms with Crippen LogP contribution in [-0.2, 0) is 37.8 Å². The van der Waals surface area contributed by atoms with Crippen LogP contribution in [0.25, 0.3) is 0 Å². The minimum atomic E-state index is -2.44. The average molecular weight is 797 g/mol. The number of β-lactam (4-membered cyclic amide) rings is 2. The third kappa shape index (κ3) is 6.23. The Kier molecular flexibility index (Phi) is 9.57. The number of anilines is 3. The number of aliphatic hydroxyl groups excluding tert-OH is 1. The van der Waals surface area contributed by atoms with E-state index in [9.17, 15) is 14.7 Å². The zero-order valence-electron chi connectivity index (χ0n) is 33.2. The number of aliphatic hydroxyl groups is 1. The Bertz CT molecular complexity index is 2370. The first kappa shape index (κ1) is 37.9. The lowest BCUT2D eigenvalue weighted by Crippen LogP contribution is -2.51. The molecule has 1 aromatic heterocycles. The van der Waals surface area contributed by atoms with Crippen LogP contribution in [0.5, 0.6) is 5.75 Å². The second-order valence-electron chi connectivity index (χ2n) is 16.5. The lowest BCUT2D eigenvalue weighted by molar-refractivity contribution is -0.146. The summed E-state index contributed by atoms with van der Waals surface area (Å²) in [6.45, 7) is 9.00. The Hall–Kier alpha value is -5.63. The quantitative estimate of drug-likeness (QED) is 0.126. The SMILES string of the molecule is COc1ccc([Si](C)(C)[C@H]2[C@H](CCn3cc([C@H](O)c4ccccc4)nn3)O[C@@]3(C(=O)N(Cc4ccc(N5CCC5=O)cc4)c4ccc(N5CCC5=O)cc43)[C@@H]2C)cc1. The highest BCUT2D eigenvalue weighted by Gasteiger charge is 2.66. The standard InChI is InChI=1S/C45H48N6O6Si/c1-29-43(58(3,4)35-17-15-34(56-2)16-18-35)39(20-23-48-28-37(46-47-48)42(54)31-8-6-5-7-9-31)57-45(29)36-26-33(50-25-22-41(50)53)14-19-38(36)51(44(45)55)27-30-10-12-32(13-11-30)49-24-21-40(49)52/h5-19,26,28-29,39,42-43,54H,20-25,27H2,1-4H3/t29-,39+,42-,43-,45+/m1/s1. The average Bonchev–Trinajstić information content (AvgIpc) is 3.90. The maximum absolute atomic E-state index is 15.4. The molecular formula is C45H48N6O6Si. The van der Waals surface area contributed by atoms with E-state index in [4.69, 9.17) is 9.47 Å². The molecule has 4 aliphatic rings. The van der Waals surface area contributed by atoms with Crippen molar-refractivity contribution in [1.29, 1.82) is 0 Å². The van der Waals surface area contributed by atoms with Gasteiger partial charge in [0.05, 0.1) is 39.7 Å². The number of benzene rings is 4. The van der Waals surface area contributed by atoms with Gasteiger partial charge < -0.3 is 29.3 Å². The number of amides is 3. The number of methoxy groups -OCH3 is 1. The van der Waals surface area contributed by atoms with Crippen LogP contribution in [0, 0.1) is 5.92 Å². The summed E-state index contributed by atoms with van der Waals surface area (Å²) in [4.78, 5) is 45.7. The Balaban J connectivity index is 1.09. The highest BCUT2D eigenvalue weighted by Crippen LogP contribution is 2.60. The van der Waals surface area contributed by atoms with Gasteiger partial charge in [-0.05, 0) is 65.6 Å². The summed E-state index contributed by atoms with van der Waals surface area (Å²) in [7, 11) is -0.776. The van der Waals surface area contributed by atoms with Crippen molar-refractivity contribution < 1.29 is 29.0 Å². The second-order valence-corrected chi connectivity index (χ2v) is 21.2. The zero-order valence-corrected chi connectivity index (χ0v) is 34.2. The molecule has 0 aliphatic carbocycles. The number of hydrogen-bond acceptors (Lipinski definition) is 8. The van der Waals surface area contributed by atoms with Crippen LogP contribution in [0.3, 0.4) is 0 Å². The normalized spacial score (nSPS) is 23.3. The van der Waals surface area contributed by atoms with Crippen molar-refractivity contribution >= 4 is 48.0 Å². The van der Waals surface area contributed by atoms with Gasteiger partial charge in [-0.3, -0.25) is 19.1 Å². The highest BCUT2D eigenvalue weighted by atomic mass is 28.3. The lowest BCUT2D eigenvalue weighted by Gasteiger charge is -2.37. The van der Waals surface area contributed by atoms with E-state index in [1.807, 2.05) is 89.8 Å².